The van der Waals surface area contributed by atoms with E-state index in [0.717, 1.165) is 36.6 Å². The smallest absolute Gasteiger partial charge is 0.0954 e. The van der Waals surface area contributed by atoms with Crippen LogP contribution in [0.4, 0.5) is 0 Å². The molecule has 2 aromatic rings. The summed E-state index contributed by atoms with van der Waals surface area (Å²) in [5.74, 6) is 0. The molecule has 17 heavy (non-hydrogen) atoms. The van der Waals surface area contributed by atoms with Gasteiger partial charge in [0, 0.05) is 25.7 Å². The van der Waals surface area contributed by atoms with Crippen molar-refractivity contribution < 1.29 is 4.74 Å². The molecule has 2 N–H and O–H groups in total. The Labute approximate surface area is 106 Å². The molecule has 92 valence electrons. The number of thiazole rings is 1. The number of rotatable bonds is 6. The molecule has 1 aromatic carbocycles. The Kier molecular flexibility index (Phi) is 4.48. The van der Waals surface area contributed by atoms with Crippen molar-refractivity contribution in [3.05, 3.63) is 29.3 Å². The van der Waals surface area contributed by atoms with Gasteiger partial charge in [0.15, 0.2) is 0 Å². The molecule has 2 rings (SSSR count). The van der Waals surface area contributed by atoms with Crippen LogP contribution >= 0.6 is 11.3 Å². The molecule has 0 fully saturated rings. The van der Waals surface area contributed by atoms with Crippen molar-refractivity contribution in [3.63, 3.8) is 0 Å². The van der Waals surface area contributed by atoms with E-state index in [9.17, 15) is 0 Å². The second-order valence-electron chi connectivity index (χ2n) is 4.03. The summed E-state index contributed by atoms with van der Waals surface area (Å²) in [6.07, 6.45) is 1.73. The highest BCUT2D eigenvalue weighted by Gasteiger charge is 2.08. The van der Waals surface area contributed by atoms with Crippen LogP contribution in [0.15, 0.2) is 24.3 Å². The van der Waals surface area contributed by atoms with Crippen LogP contribution in [0.1, 0.15) is 18.4 Å². The highest BCUT2D eigenvalue weighted by Crippen LogP contribution is 2.22. The van der Waals surface area contributed by atoms with E-state index in [4.69, 9.17) is 10.5 Å². The summed E-state index contributed by atoms with van der Waals surface area (Å²) in [5.41, 5.74) is 7.13. The van der Waals surface area contributed by atoms with Crippen LogP contribution in [0.3, 0.4) is 0 Å². The summed E-state index contributed by atoms with van der Waals surface area (Å²) in [6, 6.07) is 8.34. The van der Waals surface area contributed by atoms with E-state index in [0.29, 0.717) is 0 Å². The zero-order valence-electron chi connectivity index (χ0n) is 10.1. The van der Waals surface area contributed by atoms with Crippen LogP contribution in [0.5, 0.6) is 0 Å². The molecule has 0 saturated heterocycles. The number of hydrogen-bond donors (Lipinski definition) is 1. The minimum atomic E-state index is 0.141. The first-order chi connectivity index (χ1) is 8.29. The molecule has 1 atom stereocenters. The number of hydrogen-bond acceptors (Lipinski definition) is 4. The van der Waals surface area contributed by atoms with Crippen molar-refractivity contribution >= 4 is 21.6 Å². The monoisotopic (exact) mass is 250 g/mol. The Morgan fingerprint density at radius 1 is 1.41 bits per heavy atom. The molecule has 0 saturated carbocycles. The van der Waals surface area contributed by atoms with Crippen molar-refractivity contribution in [1.29, 1.82) is 0 Å². The fourth-order valence-electron chi connectivity index (χ4n) is 1.71. The van der Waals surface area contributed by atoms with E-state index < -0.39 is 0 Å². The Bertz CT molecular complexity index is 436. The molecule has 0 bridgehead atoms. The largest absolute Gasteiger partial charge is 0.382 e. The van der Waals surface area contributed by atoms with Gasteiger partial charge in [-0.05, 0) is 25.5 Å². The number of para-hydroxylation sites is 1. The van der Waals surface area contributed by atoms with Gasteiger partial charge in [0.2, 0.25) is 0 Å². The van der Waals surface area contributed by atoms with Gasteiger partial charge in [0.05, 0.1) is 15.2 Å². The van der Waals surface area contributed by atoms with Gasteiger partial charge in [-0.3, -0.25) is 0 Å². The van der Waals surface area contributed by atoms with Crippen LogP contribution in [-0.4, -0.2) is 24.2 Å². The van der Waals surface area contributed by atoms with E-state index in [1.165, 1.54) is 4.70 Å². The second kappa shape index (κ2) is 6.10. The second-order valence-corrected chi connectivity index (χ2v) is 5.14. The molecular weight excluding hydrogens is 232 g/mol. The van der Waals surface area contributed by atoms with Crippen LogP contribution in [-0.2, 0) is 11.2 Å². The normalized spacial score (nSPS) is 13.1. The molecule has 0 aliphatic rings. The third-order valence-corrected chi connectivity index (χ3v) is 3.67. The Morgan fingerprint density at radius 2 is 2.24 bits per heavy atom. The number of nitrogens with two attached hydrogens (primary N) is 1. The Hall–Kier alpha value is -0.970. The third kappa shape index (κ3) is 3.49. The number of aromatic nitrogens is 1. The van der Waals surface area contributed by atoms with Gasteiger partial charge in [0.1, 0.15) is 0 Å². The standard InChI is InChI=1S/C13H18N2OS/c1-2-16-8-7-10(14)9-13-15-11-5-3-4-6-12(11)17-13/h3-6,10H,2,7-9,14H2,1H3. The predicted octanol–water partition coefficient (Wildman–Crippen LogP) is 2.59. The molecule has 0 spiro atoms. The highest BCUT2D eigenvalue weighted by atomic mass is 32.1. The van der Waals surface area contributed by atoms with Gasteiger partial charge in [-0.25, -0.2) is 4.98 Å². The van der Waals surface area contributed by atoms with Crippen LogP contribution in [0.2, 0.25) is 0 Å². The third-order valence-electron chi connectivity index (χ3n) is 2.61. The van der Waals surface area contributed by atoms with Gasteiger partial charge in [-0.2, -0.15) is 0 Å². The minimum Gasteiger partial charge on any atom is -0.382 e. The molecular formula is C13H18N2OS. The van der Waals surface area contributed by atoms with Gasteiger partial charge in [-0.15, -0.1) is 11.3 Å². The highest BCUT2D eigenvalue weighted by molar-refractivity contribution is 7.18. The fraction of sp³-hybridized carbons (Fsp3) is 0.462. The van der Waals surface area contributed by atoms with Crippen molar-refractivity contribution in [2.45, 2.75) is 25.8 Å². The average Bonchev–Trinajstić information content (AvgIpc) is 2.71. The van der Waals surface area contributed by atoms with Crippen molar-refractivity contribution in [2.24, 2.45) is 5.73 Å². The summed E-state index contributed by atoms with van der Waals surface area (Å²) in [7, 11) is 0. The van der Waals surface area contributed by atoms with E-state index in [-0.39, 0.29) is 6.04 Å². The maximum absolute atomic E-state index is 6.05. The van der Waals surface area contributed by atoms with Crippen LogP contribution < -0.4 is 5.73 Å². The van der Waals surface area contributed by atoms with E-state index in [1.807, 2.05) is 25.1 Å². The summed E-state index contributed by atoms with van der Waals surface area (Å²) in [5, 5.41) is 1.12. The molecule has 3 nitrogen and oxygen atoms in total. The van der Waals surface area contributed by atoms with Crippen LogP contribution in [0.25, 0.3) is 10.2 Å². The first-order valence-electron chi connectivity index (χ1n) is 5.97. The van der Waals surface area contributed by atoms with Crippen molar-refractivity contribution in [3.8, 4) is 0 Å². The number of benzene rings is 1. The fourth-order valence-corrected chi connectivity index (χ4v) is 2.77. The first kappa shape index (κ1) is 12.5. The zero-order chi connectivity index (χ0) is 12.1. The molecule has 1 aromatic heterocycles. The molecule has 0 radical (unpaired) electrons. The van der Waals surface area contributed by atoms with Crippen molar-refractivity contribution in [2.75, 3.05) is 13.2 Å². The zero-order valence-corrected chi connectivity index (χ0v) is 10.9. The van der Waals surface area contributed by atoms with Gasteiger partial charge < -0.3 is 10.5 Å². The number of nitrogens with zero attached hydrogens (tertiary/aromatic N) is 1. The molecule has 1 unspecified atom stereocenters. The summed E-state index contributed by atoms with van der Waals surface area (Å²) < 4.78 is 6.54. The molecule has 0 amide bonds. The molecule has 1 heterocycles. The SMILES string of the molecule is CCOCCC(N)Cc1nc2ccccc2s1. The van der Waals surface area contributed by atoms with Crippen molar-refractivity contribution in [1.82, 2.24) is 4.98 Å². The lowest BCUT2D eigenvalue weighted by molar-refractivity contribution is 0.140. The quantitative estimate of drug-likeness (QED) is 0.802. The van der Waals surface area contributed by atoms with E-state index in [2.05, 4.69) is 11.1 Å². The lowest BCUT2D eigenvalue weighted by atomic mass is 10.2. The molecule has 0 aliphatic carbocycles. The number of fused-ring (bicyclic) bond motifs is 1. The lowest BCUT2D eigenvalue weighted by Crippen LogP contribution is -2.24. The van der Waals surface area contributed by atoms with Gasteiger partial charge in [0.25, 0.3) is 0 Å². The average molecular weight is 250 g/mol. The molecule has 0 aliphatic heterocycles. The van der Waals surface area contributed by atoms with E-state index in [1.54, 1.807) is 11.3 Å². The first-order valence-corrected chi connectivity index (χ1v) is 6.79. The van der Waals surface area contributed by atoms with Crippen LogP contribution in [0, 0.1) is 0 Å². The number of ether oxygens (including phenoxy) is 1. The Morgan fingerprint density at radius 3 is 3.00 bits per heavy atom. The maximum atomic E-state index is 6.05. The topological polar surface area (TPSA) is 48.1 Å². The van der Waals surface area contributed by atoms with Gasteiger partial charge in [-0.1, -0.05) is 12.1 Å². The van der Waals surface area contributed by atoms with E-state index >= 15 is 0 Å². The van der Waals surface area contributed by atoms with Gasteiger partial charge >= 0.3 is 0 Å². The maximum Gasteiger partial charge on any atom is 0.0954 e. The minimum absolute atomic E-state index is 0.141. The molecule has 4 heteroatoms. The summed E-state index contributed by atoms with van der Waals surface area (Å²) in [4.78, 5) is 4.58. The summed E-state index contributed by atoms with van der Waals surface area (Å²) in [6.45, 7) is 3.50. The summed E-state index contributed by atoms with van der Waals surface area (Å²) >= 11 is 1.73. The Balaban J connectivity index is 1.93. The predicted molar refractivity (Wildman–Crippen MR) is 72.4 cm³/mol. The lowest BCUT2D eigenvalue weighted by Gasteiger charge is -2.08.